The van der Waals surface area contributed by atoms with E-state index >= 15 is 0 Å². The number of amides is 1. The molecule has 19 heavy (non-hydrogen) atoms. The Balaban J connectivity index is 1.78. The molecule has 5 nitrogen and oxygen atoms in total. The van der Waals surface area contributed by atoms with Crippen LogP contribution in [0.3, 0.4) is 0 Å². The van der Waals surface area contributed by atoms with Gasteiger partial charge in [-0.3, -0.25) is 4.79 Å². The van der Waals surface area contributed by atoms with Gasteiger partial charge in [0.1, 0.15) is 5.82 Å². The molecule has 2 aromatic rings. The van der Waals surface area contributed by atoms with Gasteiger partial charge in [0.15, 0.2) is 5.69 Å². The minimum Gasteiger partial charge on any atom is -0.330 e. The maximum absolute atomic E-state index is 12.9. The van der Waals surface area contributed by atoms with Crippen molar-refractivity contribution in [3.63, 3.8) is 0 Å². The summed E-state index contributed by atoms with van der Waals surface area (Å²) >= 11 is 0. The molecule has 0 aliphatic heterocycles. The van der Waals surface area contributed by atoms with Gasteiger partial charge < -0.3 is 4.90 Å². The molecule has 98 valence electrons. The Morgan fingerprint density at radius 1 is 1.37 bits per heavy atom. The van der Waals surface area contributed by atoms with Crippen molar-refractivity contribution in [3.05, 3.63) is 47.5 Å². The molecule has 0 radical (unpaired) electrons. The maximum atomic E-state index is 12.9. The van der Waals surface area contributed by atoms with Crippen LogP contribution in [0.5, 0.6) is 0 Å². The van der Waals surface area contributed by atoms with Crippen molar-refractivity contribution in [1.82, 2.24) is 20.3 Å². The summed E-state index contributed by atoms with van der Waals surface area (Å²) in [6, 6.07) is 6.46. The Morgan fingerprint density at radius 3 is 2.68 bits per heavy atom. The summed E-state index contributed by atoms with van der Waals surface area (Å²) in [7, 11) is 0. The first-order valence-electron chi connectivity index (χ1n) is 6.15. The highest BCUT2D eigenvalue weighted by molar-refractivity contribution is 5.92. The third-order valence-electron chi connectivity index (χ3n) is 3.15. The molecule has 6 heteroatoms. The Kier molecular flexibility index (Phi) is 2.98. The maximum Gasteiger partial charge on any atom is 0.276 e. The van der Waals surface area contributed by atoms with Crippen molar-refractivity contribution >= 4 is 5.91 Å². The lowest BCUT2D eigenvalue weighted by molar-refractivity contribution is 0.0724. The van der Waals surface area contributed by atoms with Gasteiger partial charge >= 0.3 is 0 Å². The van der Waals surface area contributed by atoms with Crippen LogP contribution in [0.25, 0.3) is 0 Å². The van der Waals surface area contributed by atoms with E-state index in [9.17, 15) is 9.18 Å². The van der Waals surface area contributed by atoms with Gasteiger partial charge in [-0.2, -0.15) is 15.4 Å². The zero-order valence-corrected chi connectivity index (χ0v) is 10.2. The first-order chi connectivity index (χ1) is 9.24. The Labute approximate surface area is 109 Å². The molecule has 1 aliphatic rings. The third-order valence-corrected chi connectivity index (χ3v) is 3.15. The molecule has 1 aliphatic carbocycles. The summed E-state index contributed by atoms with van der Waals surface area (Å²) in [5.74, 6) is -0.412. The standard InChI is InChI=1S/C13H13FN4O/c14-10-3-1-9(2-4-10)8-18(11-5-6-11)13(19)12-7-15-17-16-12/h1-4,7,11H,5-6,8H2,(H,15,16,17). The van der Waals surface area contributed by atoms with Gasteiger partial charge in [0.25, 0.3) is 5.91 Å². The monoisotopic (exact) mass is 260 g/mol. The van der Waals surface area contributed by atoms with Gasteiger partial charge in [-0.05, 0) is 30.5 Å². The second-order valence-corrected chi connectivity index (χ2v) is 4.65. The van der Waals surface area contributed by atoms with Gasteiger partial charge in [0.05, 0.1) is 6.20 Å². The van der Waals surface area contributed by atoms with Crippen LogP contribution in [0.15, 0.2) is 30.5 Å². The molecule has 1 aromatic heterocycles. The van der Waals surface area contributed by atoms with E-state index < -0.39 is 0 Å². The van der Waals surface area contributed by atoms with Gasteiger partial charge in [0, 0.05) is 12.6 Å². The molecule has 0 atom stereocenters. The molecule has 1 saturated carbocycles. The largest absolute Gasteiger partial charge is 0.330 e. The molecule has 1 aromatic carbocycles. The predicted octanol–water partition coefficient (Wildman–Crippen LogP) is 1.75. The first-order valence-corrected chi connectivity index (χ1v) is 6.15. The van der Waals surface area contributed by atoms with E-state index in [0.29, 0.717) is 12.2 Å². The molecular formula is C13H13FN4O. The zero-order valence-electron chi connectivity index (χ0n) is 10.2. The van der Waals surface area contributed by atoms with Crippen molar-refractivity contribution in [1.29, 1.82) is 0 Å². The number of aromatic nitrogens is 3. The van der Waals surface area contributed by atoms with Crippen LogP contribution in [-0.4, -0.2) is 32.3 Å². The molecule has 0 spiro atoms. The summed E-state index contributed by atoms with van der Waals surface area (Å²) in [6.45, 7) is 0.469. The van der Waals surface area contributed by atoms with Crippen LogP contribution in [-0.2, 0) is 6.54 Å². The summed E-state index contributed by atoms with van der Waals surface area (Å²) in [4.78, 5) is 14.1. The topological polar surface area (TPSA) is 61.9 Å². The Hall–Kier alpha value is -2.24. The second-order valence-electron chi connectivity index (χ2n) is 4.65. The van der Waals surface area contributed by atoms with Gasteiger partial charge in [-0.25, -0.2) is 4.39 Å². The fourth-order valence-electron chi connectivity index (χ4n) is 1.99. The van der Waals surface area contributed by atoms with Gasteiger partial charge in [0.2, 0.25) is 0 Å². The normalized spacial score (nSPS) is 14.4. The lowest BCUT2D eigenvalue weighted by Gasteiger charge is -2.21. The van der Waals surface area contributed by atoms with Crippen molar-refractivity contribution in [2.75, 3.05) is 0 Å². The number of benzene rings is 1. The van der Waals surface area contributed by atoms with E-state index in [4.69, 9.17) is 0 Å². The smallest absolute Gasteiger partial charge is 0.276 e. The average Bonchev–Trinajstić information content (AvgIpc) is 3.11. The highest BCUT2D eigenvalue weighted by Crippen LogP contribution is 2.29. The van der Waals surface area contributed by atoms with Crippen molar-refractivity contribution in [2.45, 2.75) is 25.4 Å². The molecule has 1 amide bonds. The third kappa shape index (κ3) is 2.62. The minimum absolute atomic E-state index is 0.138. The Morgan fingerprint density at radius 2 is 2.11 bits per heavy atom. The number of hydrogen-bond acceptors (Lipinski definition) is 3. The number of rotatable bonds is 4. The zero-order chi connectivity index (χ0) is 13.2. The van der Waals surface area contributed by atoms with Gasteiger partial charge in [-0.15, -0.1) is 0 Å². The van der Waals surface area contributed by atoms with E-state index in [1.165, 1.54) is 18.3 Å². The van der Waals surface area contributed by atoms with Crippen LogP contribution in [0.4, 0.5) is 4.39 Å². The van der Waals surface area contributed by atoms with E-state index in [1.54, 1.807) is 17.0 Å². The predicted molar refractivity (Wildman–Crippen MR) is 65.7 cm³/mol. The lowest BCUT2D eigenvalue weighted by Crippen LogP contribution is -2.32. The average molecular weight is 260 g/mol. The molecule has 1 fully saturated rings. The fourth-order valence-corrected chi connectivity index (χ4v) is 1.99. The minimum atomic E-state index is -0.274. The van der Waals surface area contributed by atoms with E-state index in [2.05, 4.69) is 15.4 Å². The number of aromatic amines is 1. The van der Waals surface area contributed by atoms with Crippen LogP contribution in [0.1, 0.15) is 28.9 Å². The summed E-state index contributed by atoms with van der Waals surface area (Å²) in [6.07, 6.45) is 3.43. The number of nitrogens with one attached hydrogen (secondary N) is 1. The summed E-state index contributed by atoms with van der Waals surface area (Å²) in [5.41, 5.74) is 1.22. The molecular weight excluding hydrogens is 247 g/mol. The molecule has 1 N–H and O–H groups in total. The molecule has 1 heterocycles. The number of carbonyl (C=O) groups excluding carboxylic acids is 1. The molecule has 0 bridgehead atoms. The number of H-pyrrole nitrogens is 1. The molecule has 0 unspecified atom stereocenters. The van der Waals surface area contributed by atoms with E-state index in [1.807, 2.05) is 0 Å². The quantitative estimate of drug-likeness (QED) is 0.911. The molecule has 3 rings (SSSR count). The highest BCUT2D eigenvalue weighted by atomic mass is 19.1. The van der Waals surface area contributed by atoms with Gasteiger partial charge in [-0.1, -0.05) is 12.1 Å². The lowest BCUT2D eigenvalue weighted by atomic mass is 10.2. The van der Waals surface area contributed by atoms with Crippen molar-refractivity contribution < 1.29 is 9.18 Å². The number of halogens is 1. The second kappa shape index (κ2) is 4.79. The summed E-state index contributed by atoms with van der Waals surface area (Å²) in [5, 5.41) is 9.91. The first kappa shape index (κ1) is 11.8. The van der Waals surface area contributed by atoms with E-state index in [-0.39, 0.29) is 17.8 Å². The van der Waals surface area contributed by atoms with Crippen LogP contribution < -0.4 is 0 Å². The number of hydrogen-bond donors (Lipinski definition) is 1. The Bertz CT molecular complexity index is 563. The molecule has 0 saturated heterocycles. The SMILES string of the molecule is O=C(c1cn[nH]n1)N(Cc1ccc(F)cc1)C1CC1. The van der Waals surface area contributed by atoms with E-state index in [0.717, 1.165) is 18.4 Å². The van der Waals surface area contributed by atoms with Crippen LogP contribution in [0, 0.1) is 5.82 Å². The van der Waals surface area contributed by atoms with Crippen molar-refractivity contribution in [3.8, 4) is 0 Å². The highest BCUT2D eigenvalue weighted by Gasteiger charge is 2.33. The van der Waals surface area contributed by atoms with Crippen molar-refractivity contribution in [2.24, 2.45) is 0 Å². The number of carbonyl (C=O) groups is 1. The summed E-state index contributed by atoms with van der Waals surface area (Å²) < 4.78 is 12.9. The number of nitrogens with zero attached hydrogens (tertiary/aromatic N) is 3. The fraction of sp³-hybridized carbons (Fsp3) is 0.308. The van der Waals surface area contributed by atoms with Crippen LogP contribution >= 0.6 is 0 Å². The van der Waals surface area contributed by atoms with Crippen LogP contribution in [0.2, 0.25) is 0 Å².